The Labute approximate surface area is 272 Å². The maximum absolute atomic E-state index is 13.3. The quantitative estimate of drug-likeness (QED) is 0.0499. The third kappa shape index (κ3) is 26.6. The van der Waals surface area contributed by atoms with E-state index in [1.165, 1.54) is 116 Å². The van der Waals surface area contributed by atoms with Gasteiger partial charge in [-0.2, -0.15) is 0 Å². The number of hydrogen-bond acceptors (Lipinski definition) is 6. The van der Waals surface area contributed by atoms with E-state index in [0.29, 0.717) is 25.2 Å². The zero-order valence-electron chi connectivity index (χ0n) is 29.2. The second-order valence-electron chi connectivity index (χ2n) is 12.9. The highest BCUT2D eigenvalue weighted by molar-refractivity contribution is 5.84. The number of rotatable bonds is 33. The van der Waals surface area contributed by atoms with Gasteiger partial charge in [0.15, 0.2) is 0 Å². The first kappa shape index (κ1) is 42.2. The summed E-state index contributed by atoms with van der Waals surface area (Å²) in [6.07, 6.45) is 29.4. The SMILES string of the molecule is C=C(N)NCCCC(N)C(=O)NCC(N)C(=O)N(CCCCCCCCCCCC)CCCCCCCCCCCCCC. The Bertz CT molecular complexity index is 690. The van der Waals surface area contributed by atoms with Crippen molar-refractivity contribution in [2.24, 2.45) is 17.2 Å². The second-order valence-corrected chi connectivity index (χ2v) is 12.9. The Morgan fingerprint density at radius 2 is 0.977 bits per heavy atom. The van der Waals surface area contributed by atoms with Crippen LogP contribution in [-0.2, 0) is 9.59 Å². The number of nitrogens with two attached hydrogens (primary N) is 3. The summed E-state index contributed by atoms with van der Waals surface area (Å²) in [6.45, 7) is 10.3. The number of nitrogens with one attached hydrogen (secondary N) is 2. The van der Waals surface area contributed by atoms with E-state index in [1.54, 1.807) is 0 Å². The molecular weight excluding hydrogens is 548 g/mol. The average molecular weight is 623 g/mol. The first-order valence-electron chi connectivity index (χ1n) is 18.6. The molecule has 44 heavy (non-hydrogen) atoms. The van der Waals surface area contributed by atoms with Gasteiger partial charge in [0, 0.05) is 26.2 Å². The topological polar surface area (TPSA) is 140 Å². The van der Waals surface area contributed by atoms with Crippen molar-refractivity contribution in [3.8, 4) is 0 Å². The van der Waals surface area contributed by atoms with Crippen molar-refractivity contribution in [3.05, 3.63) is 12.4 Å². The van der Waals surface area contributed by atoms with E-state index in [2.05, 4.69) is 31.1 Å². The van der Waals surface area contributed by atoms with Crippen molar-refractivity contribution in [2.75, 3.05) is 26.2 Å². The van der Waals surface area contributed by atoms with Crippen molar-refractivity contribution in [3.63, 3.8) is 0 Å². The number of unbranched alkanes of at least 4 members (excludes halogenated alkanes) is 20. The lowest BCUT2D eigenvalue weighted by molar-refractivity contribution is -0.133. The molecule has 0 saturated heterocycles. The van der Waals surface area contributed by atoms with Crippen LogP contribution < -0.4 is 27.8 Å². The molecule has 0 rings (SSSR count). The average Bonchev–Trinajstić information content (AvgIpc) is 3.01. The molecule has 0 bridgehead atoms. The predicted octanol–water partition coefficient (Wildman–Crippen LogP) is 7.01. The molecule has 2 amide bonds. The maximum atomic E-state index is 13.3. The summed E-state index contributed by atoms with van der Waals surface area (Å²) in [4.78, 5) is 27.7. The summed E-state index contributed by atoms with van der Waals surface area (Å²) in [6, 6.07) is -1.40. The number of carbonyl (C=O) groups excluding carboxylic acids is 2. The Balaban J connectivity index is 4.47. The van der Waals surface area contributed by atoms with Gasteiger partial charge >= 0.3 is 0 Å². The summed E-state index contributed by atoms with van der Waals surface area (Å²) in [5, 5.41) is 5.72. The molecule has 0 aromatic rings. The zero-order chi connectivity index (χ0) is 32.7. The fraction of sp³-hybridized carbons (Fsp3) is 0.889. The third-order valence-corrected chi connectivity index (χ3v) is 8.57. The first-order chi connectivity index (χ1) is 21.3. The number of amides is 2. The largest absolute Gasteiger partial charge is 0.386 e. The van der Waals surface area contributed by atoms with E-state index >= 15 is 0 Å². The summed E-state index contributed by atoms with van der Waals surface area (Å²) >= 11 is 0. The van der Waals surface area contributed by atoms with E-state index in [1.807, 2.05) is 4.90 Å². The lowest BCUT2D eigenvalue weighted by atomic mass is 10.0. The highest BCUT2D eigenvalue weighted by Crippen LogP contribution is 2.14. The van der Waals surface area contributed by atoms with Crippen molar-refractivity contribution in [1.29, 1.82) is 0 Å². The van der Waals surface area contributed by atoms with E-state index in [9.17, 15) is 9.59 Å². The Hall–Kier alpha value is -1.80. The van der Waals surface area contributed by atoms with Crippen LogP contribution in [0.25, 0.3) is 0 Å². The van der Waals surface area contributed by atoms with Crippen LogP contribution >= 0.6 is 0 Å². The second kappa shape index (κ2) is 31.2. The normalized spacial score (nSPS) is 12.5. The molecule has 8 heteroatoms. The number of carbonyl (C=O) groups is 2. The monoisotopic (exact) mass is 623 g/mol. The van der Waals surface area contributed by atoms with Crippen LogP contribution in [-0.4, -0.2) is 55.0 Å². The zero-order valence-corrected chi connectivity index (χ0v) is 29.2. The van der Waals surface area contributed by atoms with Crippen molar-refractivity contribution >= 4 is 11.8 Å². The van der Waals surface area contributed by atoms with Crippen LogP contribution in [0.15, 0.2) is 12.4 Å². The molecule has 8 nitrogen and oxygen atoms in total. The van der Waals surface area contributed by atoms with E-state index in [4.69, 9.17) is 17.2 Å². The molecule has 0 aromatic heterocycles. The van der Waals surface area contributed by atoms with Crippen molar-refractivity contribution < 1.29 is 9.59 Å². The molecular formula is C36H74N6O2. The summed E-state index contributed by atoms with van der Waals surface area (Å²) in [5.41, 5.74) is 17.8. The molecule has 260 valence electrons. The van der Waals surface area contributed by atoms with Gasteiger partial charge in [-0.25, -0.2) is 0 Å². The number of nitrogens with zero attached hydrogens (tertiary/aromatic N) is 1. The molecule has 2 unspecified atom stereocenters. The minimum atomic E-state index is -0.756. The van der Waals surface area contributed by atoms with Gasteiger partial charge < -0.3 is 32.7 Å². The Morgan fingerprint density at radius 1 is 0.591 bits per heavy atom. The lowest BCUT2D eigenvalue weighted by Gasteiger charge is -2.26. The van der Waals surface area contributed by atoms with Gasteiger partial charge in [-0.15, -0.1) is 0 Å². The van der Waals surface area contributed by atoms with Crippen molar-refractivity contribution in [1.82, 2.24) is 15.5 Å². The molecule has 0 heterocycles. The highest BCUT2D eigenvalue weighted by atomic mass is 16.2. The fourth-order valence-electron chi connectivity index (χ4n) is 5.63. The minimum absolute atomic E-state index is 0.0662. The van der Waals surface area contributed by atoms with Crippen molar-refractivity contribution in [2.45, 2.75) is 180 Å². The molecule has 0 saturated carbocycles. The molecule has 2 atom stereocenters. The van der Waals surface area contributed by atoms with Crippen LogP contribution in [0.1, 0.15) is 168 Å². The van der Waals surface area contributed by atoms with Gasteiger partial charge in [0.1, 0.15) is 6.04 Å². The minimum Gasteiger partial charge on any atom is -0.386 e. The van der Waals surface area contributed by atoms with E-state index in [0.717, 1.165) is 38.8 Å². The van der Waals surface area contributed by atoms with Gasteiger partial charge in [-0.1, -0.05) is 149 Å². The van der Waals surface area contributed by atoms with Gasteiger partial charge in [-0.3, -0.25) is 9.59 Å². The van der Waals surface area contributed by atoms with Crippen LogP contribution in [0.4, 0.5) is 0 Å². The molecule has 0 spiro atoms. The van der Waals surface area contributed by atoms with Crippen LogP contribution in [0.3, 0.4) is 0 Å². The third-order valence-electron chi connectivity index (χ3n) is 8.57. The van der Waals surface area contributed by atoms with Gasteiger partial charge in [0.05, 0.1) is 11.9 Å². The molecule has 0 aromatic carbocycles. The lowest BCUT2D eigenvalue weighted by Crippen LogP contribution is -2.52. The van der Waals surface area contributed by atoms with Gasteiger partial charge in [0.25, 0.3) is 0 Å². The molecule has 8 N–H and O–H groups in total. The van der Waals surface area contributed by atoms with Gasteiger partial charge in [0.2, 0.25) is 11.8 Å². The number of hydrogen-bond donors (Lipinski definition) is 5. The standard InChI is InChI=1S/C36H74N6O2/c1-4-6-8-10-12-14-16-17-19-21-23-25-30-42(29-24-22-20-18-15-13-11-9-7-5-2)36(44)34(39)31-41-35(43)33(38)27-26-28-40-32(3)37/h33-34,40H,3-31,37-39H2,1-2H3,(H,41,43). The van der Waals surface area contributed by atoms with Gasteiger partial charge in [-0.05, 0) is 25.7 Å². The maximum Gasteiger partial charge on any atom is 0.241 e. The molecule has 0 radical (unpaired) electrons. The molecule has 0 fully saturated rings. The molecule has 0 aliphatic rings. The first-order valence-corrected chi connectivity index (χ1v) is 18.6. The van der Waals surface area contributed by atoms with Crippen LogP contribution in [0, 0.1) is 0 Å². The molecule has 0 aliphatic heterocycles. The van der Waals surface area contributed by atoms with E-state index < -0.39 is 12.1 Å². The van der Waals surface area contributed by atoms with E-state index in [-0.39, 0.29) is 18.4 Å². The summed E-state index contributed by atoms with van der Waals surface area (Å²) in [5.74, 6) is 0.0592. The Kier molecular flexibility index (Phi) is 29.9. The molecule has 0 aliphatic carbocycles. The summed E-state index contributed by atoms with van der Waals surface area (Å²) in [7, 11) is 0. The fourth-order valence-corrected chi connectivity index (χ4v) is 5.63. The van der Waals surface area contributed by atoms with Crippen LogP contribution in [0.2, 0.25) is 0 Å². The smallest absolute Gasteiger partial charge is 0.241 e. The predicted molar refractivity (Wildman–Crippen MR) is 189 cm³/mol. The highest BCUT2D eigenvalue weighted by Gasteiger charge is 2.22. The van der Waals surface area contributed by atoms with Crippen LogP contribution in [0.5, 0.6) is 0 Å². The summed E-state index contributed by atoms with van der Waals surface area (Å²) < 4.78 is 0. The Morgan fingerprint density at radius 3 is 1.36 bits per heavy atom.